The van der Waals surface area contributed by atoms with Crippen LogP contribution >= 0.6 is 0 Å². The standard InChI is InChI=1S/C19H25F3N4O2/c1-13-3-2-8-26(11-13)12-16(27)9-23-10-17-24-18(25-28-17)14-4-6-15(7-5-14)19(20,21)22/h4-7,13,16,23,27H,2-3,8-12H2,1H3. The first-order valence-corrected chi connectivity index (χ1v) is 9.42. The largest absolute Gasteiger partial charge is 0.416 e. The number of aromatic nitrogens is 2. The van der Waals surface area contributed by atoms with Gasteiger partial charge in [-0.25, -0.2) is 0 Å². The zero-order chi connectivity index (χ0) is 20.1. The molecule has 2 N–H and O–H groups in total. The highest BCUT2D eigenvalue weighted by Gasteiger charge is 2.30. The van der Waals surface area contributed by atoms with Crippen LogP contribution in [0, 0.1) is 5.92 Å². The van der Waals surface area contributed by atoms with E-state index in [1.54, 1.807) is 0 Å². The van der Waals surface area contributed by atoms with Crippen LogP contribution in [0.4, 0.5) is 13.2 Å². The van der Waals surface area contributed by atoms with Crippen molar-refractivity contribution in [2.45, 2.75) is 38.6 Å². The summed E-state index contributed by atoms with van der Waals surface area (Å²) in [5, 5.41) is 17.1. The average Bonchev–Trinajstić information content (AvgIpc) is 3.10. The van der Waals surface area contributed by atoms with Gasteiger partial charge in [-0.1, -0.05) is 24.2 Å². The Morgan fingerprint density at radius 3 is 2.75 bits per heavy atom. The molecule has 2 aromatic rings. The molecule has 0 radical (unpaired) electrons. The number of nitrogens with zero attached hydrogens (tertiary/aromatic N) is 3. The normalized spacial score (nSPS) is 19.7. The lowest BCUT2D eigenvalue weighted by Crippen LogP contribution is -2.42. The van der Waals surface area contributed by atoms with E-state index in [-0.39, 0.29) is 12.4 Å². The number of benzene rings is 1. The number of hydrogen-bond donors (Lipinski definition) is 2. The van der Waals surface area contributed by atoms with Crippen LogP contribution in [-0.4, -0.2) is 52.4 Å². The van der Waals surface area contributed by atoms with Crippen LogP contribution in [0.1, 0.15) is 31.2 Å². The van der Waals surface area contributed by atoms with Gasteiger partial charge in [0.1, 0.15) is 0 Å². The van der Waals surface area contributed by atoms with Gasteiger partial charge in [0.25, 0.3) is 0 Å². The third-order valence-electron chi connectivity index (χ3n) is 4.80. The number of nitrogens with one attached hydrogen (secondary N) is 1. The molecule has 1 fully saturated rings. The van der Waals surface area contributed by atoms with E-state index in [4.69, 9.17) is 4.52 Å². The van der Waals surface area contributed by atoms with Gasteiger partial charge in [0, 0.05) is 25.2 Å². The van der Waals surface area contributed by atoms with Crippen molar-refractivity contribution in [2.24, 2.45) is 5.92 Å². The summed E-state index contributed by atoms with van der Waals surface area (Å²) in [5.74, 6) is 1.21. The number of halogens is 3. The van der Waals surface area contributed by atoms with Gasteiger partial charge < -0.3 is 19.8 Å². The van der Waals surface area contributed by atoms with Gasteiger partial charge in [-0.15, -0.1) is 0 Å². The van der Waals surface area contributed by atoms with Gasteiger partial charge in [0.15, 0.2) is 0 Å². The lowest BCUT2D eigenvalue weighted by molar-refractivity contribution is -0.137. The van der Waals surface area contributed by atoms with Crippen LogP contribution in [0.5, 0.6) is 0 Å². The highest BCUT2D eigenvalue weighted by atomic mass is 19.4. The van der Waals surface area contributed by atoms with E-state index in [1.165, 1.54) is 18.6 Å². The zero-order valence-corrected chi connectivity index (χ0v) is 15.7. The van der Waals surface area contributed by atoms with E-state index >= 15 is 0 Å². The Morgan fingerprint density at radius 1 is 1.32 bits per heavy atom. The SMILES string of the molecule is CC1CCCN(CC(O)CNCc2nc(-c3ccc(C(F)(F)F)cc3)no2)C1. The van der Waals surface area contributed by atoms with Crippen LogP contribution < -0.4 is 5.32 Å². The third kappa shape index (κ3) is 5.76. The molecule has 0 bridgehead atoms. The van der Waals surface area contributed by atoms with Gasteiger partial charge in [-0.3, -0.25) is 0 Å². The maximum Gasteiger partial charge on any atom is 0.416 e. The van der Waals surface area contributed by atoms with Crippen LogP contribution in [-0.2, 0) is 12.7 Å². The molecule has 1 aliphatic rings. The van der Waals surface area contributed by atoms with E-state index in [2.05, 4.69) is 27.3 Å². The number of β-amino-alcohol motifs (C(OH)–C–C–N with tert-alkyl or cyclic N) is 1. The van der Waals surface area contributed by atoms with Gasteiger partial charge in [0.05, 0.1) is 18.2 Å². The Kier molecular flexibility index (Phi) is 6.69. The smallest absolute Gasteiger partial charge is 0.390 e. The predicted octanol–water partition coefficient (Wildman–Crippen LogP) is 2.94. The van der Waals surface area contributed by atoms with Crippen molar-refractivity contribution in [2.75, 3.05) is 26.2 Å². The topological polar surface area (TPSA) is 74.4 Å². The molecule has 0 aliphatic carbocycles. The first-order chi connectivity index (χ1) is 13.3. The first-order valence-electron chi connectivity index (χ1n) is 9.42. The molecular formula is C19H25F3N4O2. The van der Waals surface area contributed by atoms with E-state index in [1.807, 2.05) is 0 Å². The fraction of sp³-hybridized carbons (Fsp3) is 0.579. The number of rotatable bonds is 7. The minimum atomic E-state index is -4.38. The minimum absolute atomic E-state index is 0.230. The molecule has 1 aromatic carbocycles. The second kappa shape index (κ2) is 9.02. The van der Waals surface area contributed by atoms with Crippen molar-refractivity contribution in [1.29, 1.82) is 0 Å². The second-order valence-electron chi connectivity index (χ2n) is 7.38. The Hall–Kier alpha value is -1.97. The van der Waals surface area contributed by atoms with E-state index in [0.29, 0.717) is 30.5 Å². The summed E-state index contributed by atoms with van der Waals surface area (Å²) in [5.41, 5.74) is -0.277. The van der Waals surface area contributed by atoms with Crippen molar-refractivity contribution >= 4 is 0 Å². The molecule has 28 heavy (non-hydrogen) atoms. The monoisotopic (exact) mass is 398 g/mol. The molecule has 2 unspecified atom stereocenters. The number of likely N-dealkylation sites (tertiary alicyclic amines) is 1. The molecule has 6 nitrogen and oxygen atoms in total. The molecule has 0 saturated carbocycles. The van der Waals surface area contributed by atoms with Crippen LogP contribution in [0.3, 0.4) is 0 Å². The highest BCUT2D eigenvalue weighted by molar-refractivity contribution is 5.54. The fourth-order valence-corrected chi connectivity index (χ4v) is 3.41. The van der Waals surface area contributed by atoms with Crippen molar-refractivity contribution in [3.05, 3.63) is 35.7 Å². The van der Waals surface area contributed by atoms with E-state index in [9.17, 15) is 18.3 Å². The van der Waals surface area contributed by atoms with E-state index < -0.39 is 17.8 Å². The summed E-state index contributed by atoms with van der Waals surface area (Å²) in [7, 11) is 0. The Bertz CT molecular complexity index is 748. The second-order valence-corrected chi connectivity index (χ2v) is 7.38. The summed E-state index contributed by atoms with van der Waals surface area (Å²) in [6.07, 6.45) is -2.47. The molecule has 0 amide bonds. The molecule has 2 atom stereocenters. The molecule has 3 rings (SSSR count). The maximum absolute atomic E-state index is 12.6. The summed E-state index contributed by atoms with van der Waals surface area (Å²) in [4.78, 5) is 6.45. The molecular weight excluding hydrogens is 373 g/mol. The fourth-order valence-electron chi connectivity index (χ4n) is 3.41. The van der Waals surface area contributed by atoms with Crippen LogP contribution in [0.2, 0.25) is 0 Å². The molecule has 1 saturated heterocycles. The molecule has 154 valence electrons. The summed E-state index contributed by atoms with van der Waals surface area (Å²) < 4.78 is 43.0. The zero-order valence-electron chi connectivity index (χ0n) is 15.7. The molecule has 0 spiro atoms. The molecule has 1 aliphatic heterocycles. The minimum Gasteiger partial charge on any atom is -0.390 e. The van der Waals surface area contributed by atoms with Gasteiger partial charge in [0.2, 0.25) is 11.7 Å². The van der Waals surface area contributed by atoms with Gasteiger partial charge in [-0.05, 0) is 37.4 Å². The first kappa shape index (κ1) is 20.8. The number of piperidine rings is 1. The van der Waals surface area contributed by atoms with Gasteiger partial charge in [-0.2, -0.15) is 18.2 Å². The number of hydrogen-bond acceptors (Lipinski definition) is 6. The molecule has 9 heteroatoms. The number of aliphatic hydroxyl groups is 1. The summed E-state index contributed by atoms with van der Waals surface area (Å²) >= 11 is 0. The predicted molar refractivity (Wildman–Crippen MR) is 97.3 cm³/mol. The molecule has 1 aromatic heterocycles. The van der Waals surface area contributed by atoms with E-state index in [0.717, 1.165) is 31.6 Å². The highest BCUT2D eigenvalue weighted by Crippen LogP contribution is 2.30. The Morgan fingerprint density at radius 2 is 2.07 bits per heavy atom. The lowest BCUT2D eigenvalue weighted by Gasteiger charge is -2.32. The van der Waals surface area contributed by atoms with Crippen LogP contribution in [0.15, 0.2) is 28.8 Å². The Balaban J connectivity index is 1.45. The Labute approximate surface area is 161 Å². The average molecular weight is 398 g/mol. The quantitative estimate of drug-likeness (QED) is 0.747. The van der Waals surface area contributed by atoms with Crippen LogP contribution in [0.25, 0.3) is 11.4 Å². The third-order valence-corrected chi connectivity index (χ3v) is 4.80. The van der Waals surface area contributed by atoms with Crippen molar-refractivity contribution in [3.8, 4) is 11.4 Å². The summed E-state index contributed by atoms with van der Waals surface area (Å²) in [6, 6.07) is 4.60. The summed E-state index contributed by atoms with van der Waals surface area (Å²) in [6.45, 7) is 5.54. The number of aliphatic hydroxyl groups excluding tert-OH is 1. The maximum atomic E-state index is 12.6. The van der Waals surface area contributed by atoms with Crippen molar-refractivity contribution in [3.63, 3.8) is 0 Å². The van der Waals surface area contributed by atoms with Gasteiger partial charge >= 0.3 is 6.18 Å². The van der Waals surface area contributed by atoms with Crippen molar-refractivity contribution in [1.82, 2.24) is 20.4 Å². The number of alkyl halides is 3. The molecule has 2 heterocycles. The lowest BCUT2D eigenvalue weighted by atomic mass is 10.00. The van der Waals surface area contributed by atoms with Crippen molar-refractivity contribution < 1.29 is 22.8 Å².